The Labute approximate surface area is 120 Å². The lowest BCUT2D eigenvalue weighted by Gasteiger charge is -2.41. The third-order valence-corrected chi connectivity index (χ3v) is 7.89. The molecule has 0 heterocycles. The summed E-state index contributed by atoms with van der Waals surface area (Å²) in [5.74, 6) is 2.72. The summed E-state index contributed by atoms with van der Waals surface area (Å²) in [5.41, 5.74) is 2.03. The molecule has 0 aromatic rings. The molecule has 4 saturated carbocycles. The second-order valence-electron chi connectivity index (χ2n) is 8.16. The highest BCUT2D eigenvalue weighted by atomic mass is 16.3. The molecule has 2 heteroatoms. The van der Waals surface area contributed by atoms with E-state index in [1.165, 1.54) is 37.7 Å². The molecule has 1 N–H and O–H groups in total. The second-order valence-corrected chi connectivity index (χ2v) is 8.16. The third-order valence-electron chi connectivity index (χ3n) is 7.89. The zero-order valence-electron chi connectivity index (χ0n) is 12.3. The number of Topliss-reactive ketones (excluding diaryl/α,β-unsaturated/α-hetero) is 1. The maximum absolute atomic E-state index is 12.2. The van der Waals surface area contributed by atoms with Gasteiger partial charge in [-0.1, -0.05) is 18.4 Å². The molecule has 5 rings (SSSR count). The van der Waals surface area contributed by atoms with Crippen molar-refractivity contribution in [3.8, 4) is 0 Å². The first-order chi connectivity index (χ1) is 9.59. The summed E-state index contributed by atoms with van der Waals surface area (Å²) >= 11 is 0. The Balaban J connectivity index is 1.76. The first-order valence-electron chi connectivity index (χ1n) is 8.56. The van der Waals surface area contributed by atoms with Crippen LogP contribution in [0.2, 0.25) is 0 Å². The Morgan fingerprint density at radius 2 is 1.95 bits per heavy atom. The Kier molecular flexibility index (Phi) is 2.04. The minimum atomic E-state index is -0.461. The van der Waals surface area contributed by atoms with E-state index in [1.807, 2.05) is 6.92 Å². The van der Waals surface area contributed by atoms with Crippen molar-refractivity contribution in [1.29, 1.82) is 0 Å². The van der Waals surface area contributed by atoms with Crippen molar-refractivity contribution >= 4 is 5.78 Å². The van der Waals surface area contributed by atoms with Crippen LogP contribution in [0.5, 0.6) is 0 Å². The molecule has 0 aromatic heterocycles. The highest BCUT2D eigenvalue weighted by Gasteiger charge is 2.76. The van der Waals surface area contributed by atoms with Crippen LogP contribution in [-0.4, -0.2) is 16.5 Å². The minimum absolute atomic E-state index is 0.0175. The number of carbonyl (C=O) groups excluding carboxylic acids is 1. The normalized spacial score (nSPS) is 56.2. The summed E-state index contributed by atoms with van der Waals surface area (Å²) in [6, 6.07) is 0. The zero-order chi connectivity index (χ0) is 13.7. The Morgan fingerprint density at radius 3 is 2.80 bits per heavy atom. The van der Waals surface area contributed by atoms with Crippen molar-refractivity contribution in [2.45, 2.75) is 63.9 Å². The molecule has 0 amide bonds. The predicted molar refractivity (Wildman–Crippen MR) is 76.0 cm³/mol. The maximum atomic E-state index is 12.2. The van der Waals surface area contributed by atoms with Crippen LogP contribution in [0.25, 0.3) is 0 Å². The van der Waals surface area contributed by atoms with Crippen LogP contribution in [0.1, 0.15) is 58.3 Å². The number of hydrogen-bond acceptors (Lipinski definition) is 2. The summed E-state index contributed by atoms with van der Waals surface area (Å²) in [6.45, 7) is 2.04. The van der Waals surface area contributed by atoms with Gasteiger partial charge in [-0.15, -0.1) is 0 Å². The minimum Gasteiger partial charge on any atom is -0.389 e. The van der Waals surface area contributed by atoms with Gasteiger partial charge in [0.2, 0.25) is 0 Å². The first kappa shape index (κ1) is 12.0. The Morgan fingerprint density at radius 1 is 1.15 bits per heavy atom. The van der Waals surface area contributed by atoms with Gasteiger partial charge < -0.3 is 5.11 Å². The van der Waals surface area contributed by atoms with Crippen LogP contribution in [0.3, 0.4) is 0 Å². The maximum Gasteiger partial charge on any atom is 0.159 e. The van der Waals surface area contributed by atoms with Gasteiger partial charge in [0, 0.05) is 11.8 Å². The number of allylic oxidation sites excluding steroid dienone is 1. The molecule has 5 aliphatic rings. The standard InChI is InChI=1S/C18H24O2/c1-10-15(19)8-11-9-18(20)14-5-2-4-12(14)13-6-3-7-17(13,18)16(10)11/h11-14,20H,2-9H2,1H3/t11-,12-,13+,14+,17+,18-/m0/s1. The van der Waals surface area contributed by atoms with Crippen LogP contribution < -0.4 is 0 Å². The molecule has 108 valence electrons. The van der Waals surface area contributed by atoms with E-state index in [9.17, 15) is 9.90 Å². The van der Waals surface area contributed by atoms with Crippen molar-refractivity contribution in [1.82, 2.24) is 0 Å². The summed E-state index contributed by atoms with van der Waals surface area (Å²) < 4.78 is 0. The van der Waals surface area contributed by atoms with Crippen molar-refractivity contribution < 1.29 is 9.90 Å². The fourth-order valence-corrected chi connectivity index (χ4v) is 7.63. The van der Waals surface area contributed by atoms with Crippen molar-refractivity contribution in [3.05, 3.63) is 11.1 Å². The molecule has 0 aromatic carbocycles. The van der Waals surface area contributed by atoms with Gasteiger partial charge in [0.1, 0.15) is 0 Å². The number of fused-ring (bicyclic) bond motifs is 4. The number of aliphatic hydroxyl groups is 1. The van der Waals surface area contributed by atoms with E-state index in [0.717, 1.165) is 24.3 Å². The highest BCUT2D eigenvalue weighted by Crippen LogP contribution is 2.77. The fourth-order valence-electron chi connectivity index (χ4n) is 7.63. The average molecular weight is 272 g/mol. The molecule has 0 aliphatic heterocycles. The van der Waals surface area contributed by atoms with Crippen molar-refractivity contribution in [2.24, 2.45) is 29.1 Å². The number of rotatable bonds is 0. The average Bonchev–Trinajstić information content (AvgIpc) is 3.12. The van der Waals surface area contributed by atoms with Crippen LogP contribution in [0.4, 0.5) is 0 Å². The smallest absolute Gasteiger partial charge is 0.159 e. The molecule has 0 unspecified atom stereocenters. The lowest BCUT2D eigenvalue weighted by Crippen LogP contribution is -2.45. The number of hydrogen-bond donors (Lipinski definition) is 1. The van der Waals surface area contributed by atoms with Crippen LogP contribution in [0.15, 0.2) is 11.1 Å². The van der Waals surface area contributed by atoms with Gasteiger partial charge in [0.15, 0.2) is 5.78 Å². The predicted octanol–water partition coefficient (Wildman–Crippen LogP) is 3.24. The van der Waals surface area contributed by atoms with Crippen molar-refractivity contribution in [2.75, 3.05) is 0 Å². The van der Waals surface area contributed by atoms with Gasteiger partial charge in [0.05, 0.1) is 5.60 Å². The molecule has 0 bridgehead atoms. The molecule has 1 spiro atoms. The fraction of sp³-hybridized carbons (Fsp3) is 0.833. The Bertz CT molecular complexity index is 548. The van der Waals surface area contributed by atoms with Gasteiger partial charge in [-0.3, -0.25) is 4.79 Å². The largest absolute Gasteiger partial charge is 0.389 e. The van der Waals surface area contributed by atoms with E-state index in [0.29, 0.717) is 30.0 Å². The Hall–Kier alpha value is -0.630. The van der Waals surface area contributed by atoms with Gasteiger partial charge in [-0.25, -0.2) is 0 Å². The lowest BCUT2D eigenvalue weighted by molar-refractivity contribution is -0.116. The molecule has 2 nitrogen and oxygen atoms in total. The second kappa shape index (κ2) is 3.40. The van der Waals surface area contributed by atoms with E-state index in [-0.39, 0.29) is 5.41 Å². The quantitative estimate of drug-likeness (QED) is 0.735. The van der Waals surface area contributed by atoms with Crippen LogP contribution in [-0.2, 0) is 4.79 Å². The molecule has 0 saturated heterocycles. The monoisotopic (exact) mass is 272 g/mol. The SMILES string of the molecule is CC1=C2[C@@H](CC1=O)C[C@]1(O)[C@@H]3CCC[C@H]3[C@H]3CCC[C@]231. The topological polar surface area (TPSA) is 37.3 Å². The molecule has 5 aliphatic carbocycles. The molecule has 6 atom stereocenters. The lowest BCUT2D eigenvalue weighted by atomic mass is 9.67. The summed E-state index contributed by atoms with van der Waals surface area (Å²) in [7, 11) is 0. The summed E-state index contributed by atoms with van der Waals surface area (Å²) in [5, 5.41) is 11.7. The number of carbonyl (C=O) groups is 1. The highest BCUT2D eigenvalue weighted by molar-refractivity contribution is 5.99. The van der Waals surface area contributed by atoms with Crippen LogP contribution >= 0.6 is 0 Å². The van der Waals surface area contributed by atoms with Crippen LogP contribution in [0, 0.1) is 29.1 Å². The zero-order valence-corrected chi connectivity index (χ0v) is 12.3. The molecule has 0 radical (unpaired) electrons. The van der Waals surface area contributed by atoms with E-state index >= 15 is 0 Å². The molecular weight excluding hydrogens is 248 g/mol. The number of ketones is 1. The molecular formula is C18H24O2. The van der Waals surface area contributed by atoms with Gasteiger partial charge in [0.25, 0.3) is 0 Å². The first-order valence-corrected chi connectivity index (χ1v) is 8.56. The van der Waals surface area contributed by atoms with Gasteiger partial charge >= 0.3 is 0 Å². The summed E-state index contributed by atoms with van der Waals surface area (Å²) in [4.78, 5) is 12.2. The van der Waals surface area contributed by atoms with Gasteiger partial charge in [-0.2, -0.15) is 0 Å². The molecule has 4 fully saturated rings. The van der Waals surface area contributed by atoms with E-state index < -0.39 is 5.60 Å². The van der Waals surface area contributed by atoms with E-state index in [4.69, 9.17) is 0 Å². The summed E-state index contributed by atoms with van der Waals surface area (Å²) in [6.07, 6.45) is 9.15. The van der Waals surface area contributed by atoms with E-state index in [1.54, 1.807) is 0 Å². The van der Waals surface area contributed by atoms with E-state index in [2.05, 4.69) is 0 Å². The van der Waals surface area contributed by atoms with Crippen molar-refractivity contribution in [3.63, 3.8) is 0 Å². The van der Waals surface area contributed by atoms with Gasteiger partial charge in [-0.05, 0) is 68.3 Å². The molecule has 20 heavy (non-hydrogen) atoms. The third kappa shape index (κ3) is 0.996.